The van der Waals surface area contributed by atoms with Gasteiger partial charge in [-0.2, -0.15) is 4.98 Å². The van der Waals surface area contributed by atoms with Crippen LogP contribution in [-0.4, -0.2) is 22.6 Å². The Bertz CT molecular complexity index is 283. The molecule has 5 nitrogen and oxygen atoms in total. The van der Waals surface area contributed by atoms with Crippen molar-refractivity contribution >= 4 is 5.91 Å². The lowest BCUT2D eigenvalue weighted by Gasteiger charge is -1.98. The van der Waals surface area contributed by atoms with Gasteiger partial charge in [0.25, 0.3) is 0 Å². The topological polar surface area (TPSA) is 68.0 Å². The van der Waals surface area contributed by atoms with E-state index in [1.165, 1.54) is 0 Å². The van der Waals surface area contributed by atoms with Crippen LogP contribution in [0.5, 0.6) is 0 Å². The monoisotopic (exact) mass is 183 g/mol. The molecule has 1 heterocycles. The first-order valence-corrected chi connectivity index (χ1v) is 4.28. The molecular weight excluding hydrogens is 170 g/mol. The lowest BCUT2D eigenvalue weighted by molar-refractivity contribution is -0.120. The van der Waals surface area contributed by atoms with Crippen molar-refractivity contribution in [1.29, 1.82) is 0 Å². The van der Waals surface area contributed by atoms with Gasteiger partial charge in [0.2, 0.25) is 11.8 Å². The Labute approximate surface area is 76.5 Å². The fourth-order valence-corrected chi connectivity index (χ4v) is 0.884. The van der Waals surface area contributed by atoms with Gasteiger partial charge in [0, 0.05) is 13.5 Å². The molecule has 1 aromatic rings. The molecule has 1 amide bonds. The summed E-state index contributed by atoms with van der Waals surface area (Å²) in [6.07, 6.45) is 1.12. The number of carbonyl (C=O) groups is 1. The molecule has 0 saturated carbocycles. The van der Waals surface area contributed by atoms with E-state index < -0.39 is 0 Å². The molecule has 13 heavy (non-hydrogen) atoms. The van der Waals surface area contributed by atoms with Crippen LogP contribution in [0.4, 0.5) is 0 Å². The smallest absolute Gasteiger partial charge is 0.227 e. The summed E-state index contributed by atoms with van der Waals surface area (Å²) < 4.78 is 4.73. The highest BCUT2D eigenvalue weighted by atomic mass is 16.5. The maximum absolute atomic E-state index is 11.1. The van der Waals surface area contributed by atoms with E-state index in [-0.39, 0.29) is 12.3 Å². The molecule has 0 spiro atoms. The minimum atomic E-state index is -0.0670. The Kier molecular flexibility index (Phi) is 3.42. The molecule has 0 bridgehead atoms. The normalized spacial score (nSPS) is 10.0. The zero-order valence-electron chi connectivity index (χ0n) is 7.83. The van der Waals surface area contributed by atoms with Crippen molar-refractivity contribution in [3.63, 3.8) is 0 Å². The molecule has 0 atom stereocenters. The maximum Gasteiger partial charge on any atom is 0.227 e. The van der Waals surface area contributed by atoms with Gasteiger partial charge in [0.15, 0.2) is 5.82 Å². The van der Waals surface area contributed by atoms with Crippen LogP contribution in [0.2, 0.25) is 0 Å². The second-order valence-corrected chi connectivity index (χ2v) is 2.76. The van der Waals surface area contributed by atoms with Crippen molar-refractivity contribution in [2.24, 2.45) is 0 Å². The second-order valence-electron chi connectivity index (χ2n) is 2.76. The molecule has 1 N–H and O–H groups in total. The Balaban J connectivity index is 2.36. The van der Waals surface area contributed by atoms with Crippen molar-refractivity contribution in [2.45, 2.75) is 26.7 Å². The number of hydrogen-bond donors (Lipinski definition) is 1. The van der Waals surface area contributed by atoms with Gasteiger partial charge in [-0.15, -0.1) is 0 Å². The summed E-state index contributed by atoms with van der Waals surface area (Å²) in [7, 11) is 0. The summed E-state index contributed by atoms with van der Waals surface area (Å²) in [5.74, 6) is 0.854. The van der Waals surface area contributed by atoms with Crippen molar-refractivity contribution in [2.75, 3.05) is 6.54 Å². The lowest BCUT2D eigenvalue weighted by Crippen LogP contribution is -2.26. The molecular formula is C8H13N3O2. The van der Waals surface area contributed by atoms with Crippen LogP contribution in [0.25, 0.3) is 0 Å². The lowest BCUT2D eigenvalue weighted by atomic mass is 10.3. The van der Waals surface area contributed by atoms with E-state index in [4.69, 9.17) is 4.52 Å². The number of amides is 1. The van der Waals surface area contributed by atoms with Crippen LogP contribution in [0.1, 0.15) is 25.1 Å². The fraction of sp³-hybridized carbons (Fsp3) is 0.625. The molecule has 0 aliphatic rings. The molecule has 1 aromatic heterocycles. The molecule has 1 rings (SSSR count). The largest absolute Gasteiger partial charge is 0.356 e. The van der Waals surface area contributed by atoms with Gasteiger partial charge >= 0.3 is 0 Å². The molecule has 0 aromatic carbocycles. The second kappa shape index (κ2) is 4.59. The SMILES string of the molecule is CCCNC(=O)Cc1noc(C)n1. The third-order valence-corrected chi connectivity index (χ3v) is 1.46. The molecule has 0 radical (unpaired) electrons. The van der Waals surface area contributed by atoms with E-state index in [0.717, 1.165) is 6.42 Å². The highest BCUT2D eigenvalue weighted by Crippen LogP contribution is 1.95. The van der Waals surface area contributed by atoms with Gasteiger partial charge in [-0.25, -0.2) is 0 Å². The number of aromatic nitrogens is 2. The summed E-state index contributed by atoms with van der Waals surface area (Å²) in [6.45, 7) is 4.38. The van der Waals surface area contributed by atoms with Gasteiger partial charge in [-0.3, -0.25) is 4.79 Å². The predicted molar refractivity (Wildman–Crippen MR) is 46.0 cm³/mol. The van der Waals surface area contributed by atoms with Gasteiger partial charge < -0.3 is 9.84 Å². The van der Waals surface area contributed by atoms with E-state index in [0.29, 0.717) is 18.3 Å². The Morgan fingerprint density at radius 3 is 2.92 bits per heavy atom. The number of hydrogen-bond acceptors (Lipinski definition) is 4. The zero-order chi connectivity index (χ0) is 9.68. The Morgan fingerprint density at radius 1 is 1.62 bits per heavy atom. The number of carbonyl (C=O) groups excluding carboxylic acids is 1. The maximum atomic E-state index is 11.1. The van der Waals surface area contributed by atoms with Crippen LogP contribution in [0.15, 0.2) is 4.52 Å². The van der Waals surface area contributed by atoms with Crippen molar-refractivity contribution in [3.05, 3.63) is 11.7 Å². The van der Waals surface area contributed by atoms with Crippen molar-refractivity contribution in [3.8, 4) is 0 Å². The molecule has 72 valence electrons. The standard InChI is InChI=1S/C8H13N3O2/c1-3-4-9-8(12)5-7-10-6(2)13-11-7/h3-5H2,1-2H3,(H,9,12). The summed E-state index contributed by atoms with van der Waals surface area (Å²) in [6, 6.07) is 0. The molecule has 0 aliphatic carbocycles. The quantitative estimate of drug-likeness (QED) is 0.735. The Morgan fingerprint density at radius 2 is 2.38 bits per heavy atom. The average Bonchev–Trinajstić information content (AvgIpc) is 2.48. The van der Waals surface area contributed by atoms with Gasteiger partial charge in [0.1, 0.15) is 0 Å². The molecule has 0 fully saturated rings. The number of aryl methyl sites for hydroxylation is 1. The zero-order valence-corrected chi connectivity index (χ0v) is 7.83. The minimum absolute atomic E-state index is 0.0670. The van der Waals surface area contributed by atoms with Crippen molar-refractivity contribution in [1.82, 2.24) is 15.5 Å². The summed E-state index contributed by atoms with van der Waals surface area (Å²) >= 11 is 0. The number of nitrogens with one attached hydrogen (secondary N) is 1. The van der Waals surface area contributed by atoms with E-state index in [1.807, 2.05) is 6.92 Å². The summed E-state index contributed by atoms with van der Waals surface area (Å²) in [5.41, 5.74) is 0. The highest BCUT2D eigenvalue weighted by molar-refractivity contribution is 5.77. The predicted octanol–water partition coefficient (Wildman–Crippen LogP) is 0.447. The molecule has 0 aliphatic heterocycles. The first kappa shape index (κ1) is 9.70. The van der Waals surface area contributed by atoms with Gasteiger partial charge in [-0.1, -0.05) is 12.1 Å². The van der Waals surface area contributed by atoms with Crippen LogP contribution in [-0.2, 0) is 11.2 Å². The third-order valence-electron chi connectivity index (χ3n) is 1.46. The first-order chi connectivity index (χ1) is 6.22. The van der Waals surface area contributed by atoms with Crippen LogP contribution >= 0.6 is 0 Å². The van der Waals surface area contributed by atoms with Crippen molar-refractivity contribution < 1.29 is 9.32 Å². The van der Waals surface area contributed by atoms with E-state index in [9.17, 15) is 4.79 Å². The summed E-state index contributed by atoms with van der Waals surface area (Å²) in [4.78, 5) is 15.1. The molecule has 5 heteroatoms. The average molecular weight is 183 g/mol. The molecule has 0 saturated heterocycles. The van der Waals surface area contributed by atoms with Crippen LogP contribution in [0.3, 0.4) is 0 Å². The van der Waals surface area contributed by atoms with Gasteiger partial charge in [0.05, 0.1) is 6.42 Å². The van der Waals surface area contributed by atoms with Crippen LogP contribution in [0, 0.1) is 6.92 Å². The van der Waals surface area contributed by atoms with Crippen LogP contribution < -0.4 is 5.32 Å². The number of rotatable bonds is 4. The molecule has 0 unspecified atom stereocenters. The van der Waals surface area contributed by atoms with Gasteiger partial charge in [-0.05, 0) is 6.42 Å². The van der Waals surface area contributed by atoms with E-state index in [1.54, 1.807) is 6.92 Å². The highest BCUT2D eigenvalue weighted by Gasteiger charge is 2.07. The Hall–Kier alpha value is -1.39. The third kappa shape index (κ3) is 3.23. The summed E-state index contributed by atoms with van der Waals surface area (Å²) in [5, 5.41) is 6.35. The van der Waals surface area contributed by atoms with E-state index in [2.05, 4.69) is 15.5 Å². The first-order valence-electron chi connectivity index (χ1n) is 4.28. The number of nitrogens with zero attached hydrogens (tertiary/aromatic N) is 2. The van der Waals surface area contributed by atoms with E-state index >= 15 is 0 Å². The fourth-order valence-electron chi connectivity index (χ4n) is 0.884. The minimum Gasteiger partial charge on any atom is -0.356 e.